The molecule has 0 heterocycles. The molecule has 0 unspecified atom stereocenters. The SMILES string of the molecule is CCC1(OCC(C)C)CCCC1. The van der Waals surface area contributed by atoms with Crippen LogP contribution in [-0.4, -0.2) is 12.2 Å². The Hall–Kier alpha value is -0.0400. The fourth-order valence-corrected chi connectivity index (χ4v) is 1.96. The van der Waals surface area contributed by atoms with E-state index in [4.69, 9.17) is 4.74 Å². The Morgan fingerprint density at radius 3 is 2.25 bits per heavy atom. The molecule has 1 rings (SSSR count). The molecule has 0 N–H and O–H groups in total. The molecular weight excluding hydrogens is 148 g/mol. The van der Waals surface area contributed by atoms with Gasteiger partial charge in [-0.25, -0.2) is 0 Å². The van der Waals surface area contributed by atoms with Crippen molar-refractivity contribution in [2.45, 2.75) is 58.5 Å². The van der Waals surface area contributed by atoms with E-state index < -0.39 is 0 Å². The first-order valence-electron chi connectivity index (χ1n) is 5.32. The fraction of sp³-hybridized carbons (Fsp3) is 1.00. The quantitative estimate of drug-likeness (QED) is 0.628. The van der Waals surface area contributed by atoms with Gasteiger partial charge < -0.3 is 4.74 Å². The van der Waals surface area contributed by atoms with E-state index in [2.05, 4.69) is 20.8 Å². The first-order chi connectivity index (χ1) is 5.68. The van der Waals surface area contributed by atoms with Crippen LogP contribution in [0.3, 0.4) is 0 Å². The fourth-order valence-electron chi connectivity index (χ4n) is 1.96. The third-order valence-electron chi connectivity index (χ3n) is 2.88. The molecule has 72 valence electrons. The van der Waals surface area contributed by atoms with E-state index in [0.29, 0.717) is 5.92 Å². The van der Waals surface area contributed by atoms with Crippen molar-refractivity contribution < 1.29 is 4.74 Å². The highest BCUT2D eigenvalue weighted by Crippen LogP contribution is 2.36. The van der Waals surface area contributed by atoms with Crippen LogP contribution in [-0.2, 0) is 4.74 Å². The molecular formula is C11H22O. The minimum atomic E-state index is 0.268. The zero-order valence-electron chi connectivity index (χ0n) is 8.73. The average molecular weight is 170 g/mol. The van der Waals surface area contributed by atoms with Gasteiger partial charge in [-0.2, -0.15) is 0 Å². The summed E-state index contributed by atoms with van der Waals surface area (Å²) < 4.78 is 6.00. The Bertz CT molecular complexity index is 123. The van der Waals surface area contributed by atoms with E-state index in [1.807, 2.05) is 0 Å². The summed E-state index contributed by atoms with van der Waals surface area (Å²) in [5.74, 6) is 0.675. The summed E-state index contributed by atoms with van der Waals surface area (Å²) >= 11 is 0. The van der Waals surface area contributed by atoms with Crippen molar-refractivity contribution >= 4 is 0 Å². The Labute approximate surface area is 76.5 Å². The van der Waals surface area contributed by atoms with Gasteiger partial charge >= 0.3 is 0 Å². The van der Waals surface area contributed by atoms with Crippen molar-refractivity contribution in [2.75, 3.05) is 6.61 Å². The molecule has 0 aromatic rings. The largest absolute Gasteiger partial charge is 0.375 e. The first kappa shape index (κ1) is 10.0. The van der Waals surface area contributed by atoms with Gasteiger partial charge in [0.05, 0.1) is 5.60 Å². The topological polar surface area (TPSA) is 9.23 Å². The zero-order valence-corrected chi connectivity index (χ0v) is 8.73. The molecule has 0 bridgehead atoms. The first-order valence-corrected chi connectivity index (χ1v) is 5.32. The van der Waals surface area contributed by atoms with E-state index in [0.717, 1.165) is 6.61 Å². The lowest BCUT2D eigenvalue weighted by atomic mass is 9.98. The Balaban J connectivity index is 2.34. The molecule has 0 atom stereocenters. The molecule has 0 amide bonds. The highest BCUT2D eigenvalue weighted by Gasteiger charge is 2.32. The number of hydrogen-bond donors (Lipinski definition) is 0. The van der Waals surface area contributed by atoms with Gasteiger partial charge in [0.15, 0.2) is 0 Å². The lowest BCUT2D eigenvalue weighted by Gasteiger charge is -2.28. The van der Waals surface area contributed by atoms with E-state index in [9.17, 15) is 0 Å². The summed E-state index contributed by atoms with van der Waals surface area (Å²) in [7, 11) is 0. The predicted octanol–water partition coefficient (Wildman–Crippen LogP) is 3.38. The van der Waals surface area contributed by atoms with Crippen molar-refractivity contribution in [3.05, 3.63) is 0 Å². The molecule has 1 aliphatic carbocycles. The standard InChI is InChI=1S/C11H22O/c1-4-11(7-5-6-8-11)12-9-10(2)3/h10H,4-9H2,1-3H3. The van der Waals surface area contributed by atoms with Crippen molar-refractivity contribution in [1.82, 2.24) is 0 Å². The van der Waals surface area contributed by atoms with Gasteiger partial charge in [-0.3, -0.25) is 0 Å². The molecule has 0 spiro atoms. The molecule has 0 radical (unpaired) electrons. The van der Waals surface area contributed by atoms with E-state index in [1.165, 1.54) is 32.1 Å². The molecule has 0 aromatic carbocycles. The summed E-state index contributed by atoms with van der Waals surface area (Å²) in [6, 6.07) is 0. The third-order valence-corrected chi connectivity index (χ3v) is 2.88. The molecule has 0 aromatic heterocycles. The smallest absolute Gasteiger partial charge is 0.0680 e. The number of rotatable bonds is 4. The van der Waals surface area contributed by atoms with Gasteiger partial charge in [0.1, 0.15) is 0 Å². The van der Waals surface area contributed by atoms with Crippen LogP contribution in [0.5, 0.6) is 0 Å². The highest BCUT2D eigenvalue weighted by molar-refractivity contribution is 4.85. The highest BCUT2D eigenvalue weighted by atomic mass is 16.5. The maximum absolute atomic E-state index is 6.00. The lowest BCUT2D eigenvalue weighted by Crippen LogP contribution is -2.29. The predicted molar refractivity (Wildman–Crippen MR) is 52.3 cm³/mol. The normalized spacial score (nSPS) is 22.0. The molecule has 0 aliphatic heterocycles. The maximum atomic E-state index is 6.00. The maximum Gasteiger partial charge on any atom is 0.0680 e. The molecule has 12 heavy (non-hydrogen) atoms. The molecule has 1 heteroatoms. The van der Waals surface area contributed by atoms with Crippen molar-refractivity contribution in [2.24, 2.45) is 5.92 Å². The van der Waals surface area contributed by atoms with Gasteiger partial charge in [0.2, 0.25) is 0 Å². The molecule has 0 saturated heterocycles. The van der Waals surface area contributed by atoms with Crippen LogP contribution in [0.4, 0.5) is 0 Å². The van der Waals surface area contributed by atoms with E-state index in [-0.39, 0.29) is 5.60 Å². The lowest BCUT2D eigenvalue weighted by molar-refractivity contribution is -0.0546. The summed E-state index contributed by atoms with van der Waals surface area (Å²) in [5, 5.41) is 0. The number of hydrogen-bond acceptors (Lipinski definition) is 1. The molecule has 1 nitrogen and oxygen atoms in total. The second kappa shape index (κ2) is 4.27. The minimum absolute atomic E-state index is 0.268. The Kier molecular flexibility index (Phi) is 3.57. The van der Waals surface area contributed by atoms with Crippen LogP contribution in [0.15, 0.2) is 0 Å². The second-order valence-corrected chi connectivity index (χ2v) is 4.45. The van der Waals surface area contributed by atoms with Crippen LogP contribution in [0, 0.1) is 5.92 Å². The summed E-state index contributed by atoms with van der Waals surface area (Å²) in [5.41, 5.74) is 0.268. The van der Waals surface area contributed by atoms with Gasteiger partial charge in [-0.15, -0.1) is 0 Å². The van der Waals surface area contributed by atoms with Crippen LogP contribution in [0.2, 0.25) is 0 Å². The monoisotopic (exact) mass is 170 g/mol. The second-order valence-electron chi connectivity index (χ2n) is 4.45. The van der Waals surface area contributed by atoms with Gasteiger partial charge in [-0.05, 0) is 25.2 Å². The van der Waals surface area contributed by atoms with E-state index in [1.54, 1.807) is 0 Å². The van der Waals surface area contributed by atoms with Crippen molar-refractivity contribution in [1.29, 1.82) is 0 Å². The van der Waals surface area contributed by atoms with Crippen LogP contribution < -0.4 is 0 Å². The summed E-state index contributed by atoms with van der Waals surface area (Å²) in [6.45, 7) is 7.64. The number of ether oxygens (including phenoxy) is 1. The molecule has 1 fully saturated rings. The summed E-state index contributed by atoms with van der Waals surface area (Å²) in [4.78, 5) is 0. The Morgan fingerprint density at radius 2 is 1.83 bits per heavy atom. The third kappa shape index (κ3) is 2.48. The average Bonchev–Trinajstić information content (AvgIpc) is 2.50. The van der Waals surface area contributed by atoms with Crippen LogP contribution in [0.25, 0.3) is 0 Å². The van der Waals surface area contributed by atoms with Crippen LogP contribution >= 0.6 is 0 Å². The molecule has 1 aliphatic rings. The molecule has 1 saturated carbocycles. The van der Waals surface area contributed by atoms with Crippen molar-refractivity contribution in [3.63, 3.8) is 0 Å². The van der Waals surface area contributed by atoms with E-state index >= 15 is 0 Å². The zero-order chi connectivity index (χ0) is 9.03. The Morgan fingerprint density at radius 1 is 1.25 bits per heavy atom. The van der Waals surface area contributed by atoms with Crippen molar-refractivity contribution in [3.8, 4) is 0 Å². The summed E-state index contributed by atoms with van der Waals surface area (Å²) in [6.07, 6.45) is 6.50. The van der Waals surface area contributed by atoms with Gasteiger partial charge in [0.25, 0.3) is 0 Å². The minimum Gasteiger partial charge on any atom is -0.375 e. The van der Waals surface area contributed by atoms with Gasteiger partial charge in [0, 0.05) is 6.61 Å². The van der Waals surface area contributed by atoms with Crippen LogP contribution in [0.1, 0.15) is 52.9 Å². The van der Waals surface area contributed by atoms with Gasteiger partial charge in [-0.1, -0.05) is 33.6 Å².